The molecule has 2 atom stereocenters. The minimum absolute atomic E-state index is 0.0450. The van der Waals surface area contributed by atoms with Gasteiger partial charge in [0.05, 0.1) is 30.5 Å². The van der Waals surface area contributed by atoms with Gasteiger partial charge in [0.2, 0.25) is 5.88 Å². The van der Waals surface area contributed by atoms with Crippen molar-refractivity contribution >= 4 is 17.3 Å². The molecular formula is C24H23FN6O5. The van der Waals surface area contributed by atoms with Crippen LogP contribution in [0.5, 0.6) is 5.88 Å². The zero-order valence-electron chi connectivity index (χ0n) is 19.4. The Morgan fingerprint density at radius 3 is 2.69 bits per heavy atom. The van der Waals surface area contributed by atoms with Gasteiger partial charge < -0.3 is 19.1 Å². The first-order valence-electron chi connectivity index (χ1n) is 11.7. The Hall–Kier alpha value is -3.98. The number of H-pyrrole nitrogens is 1. The van der Waals surface area contributed by atoms with Crippen molar-refractivity contribution in [3.8, 4) is 17.6 Å². The van der Waals surface area contributed by atoms with E-state index in [4.69, 9.17) is 19.5 Å². The fourth-order valence-electron chi connectivity index (χ4n) is 4.89. The molecule has 11 nitrogen and oxygen atoms in total. The average Bonchev–Trinajstić information content (AvgIpc) is 3.47. The van der Waals surface area contributed by atoms with Crippen LogP contribution in [0.1, 0.15) is 25.3 Å². The van der Waals surface area contributed by atoms with E-state index in [0.29, 0.717) is 26.3 Å². The predicted octanol–water partition coefficient (Wildman–Crippen LogP) is 2.13. The van der Waals surface area contributed by atoms with Crippen LogP contribution < -0.4 is 10.4 Å². The fraction of sp³-hybridized carbons (Fsp3) is 0.458. The van der Waals surface area contributed by atoms with Crippen molar-refractivity contribution in [2.24, 2.45) is 11.8 Å². The van der Waals surface area contributed by atoms with E-state index in [2.05, 4.69) is 15.0 Å². The third-order valence-corrected chi connectivity index (χ3v) is 7.05. The smallest absolute Gasteiger partial charge is 0.410 e. The highest BCUT2D eigenvalue weighted by atomic mass is 19.1. The van der Waals surface area contributed by atoms with Crippen LogP contribution in [0.3, 0.4) is 0 Å². The summed E-state index contributed by atoms with van der Waals surface area (Å²) in [7, 11) is 0. The Bertz CT molecular complexity index is 1440. The van der Waals surface area contributed by atoms with E-state index in [0.717, 1.165) is 23.5 Å². The van der Waals surface area contributed by atoms with Crippen LogP contribution in [0, 0.1) is 29.0 Å². The number of likely N-dealkylation sites (tertiary alicyclic amines) is 1. The Balaban J connectivity index is 1.28. The van der Waals surface area contributed by atoms with E-state index in [-0.39, 0.29) is 57.9 Å². The molecule has 3 aliphatic rings. The van der Waals surface area contributed by atoms with Crippen LogP contribution in [0.2, 0.25) is 0 Å². The number of rotatable bonds is 4. The van der Waals surface area contributed by atoms with Crippen LogP contribution in [0.15, 0.2) is 29.3 Å². The maximum Gasteiger partial charge on any atom is 0.410 e. The molecule has 2 aliphatic heterocycles. The second-order valence-corrected chi connectivity index (χ2v) is 9.78. The lowest BCUT2D eigenvalue weighted by Crippen LogP contribution is -2.59. The summed E-state index contributed by atoms with van der Waals surface area (Å²) in [6.45, 7) is 3.58. The number of ether oxygens (including phenoxy) is 3. The summed E-state index contributed by atoms with van der Waals surface area (Å²) in [5.41, 5.74) is -0.499. The van der Waals surface area contributed by atoms with Gasteiger partial charge in [-0.1, -0.05) is 0 Å². The molecule has 2 bridgehead atoms. The number of hydrogen-bond acceptors (Lipinski definition) is 8. The Labute approximate surface area is 204 Å². The highest BCUT2D eigenvalue weighted by molar-refractivity contribution is 5.78. The number of carbonyl (C=O) groups excluding carboxylic acids is 1. The maximum atomic E-state index is 14.7. The standard InChI is InChI=1S/C24H23FN6O5/c1-24(4-5-24)36-23(33)30-8-14-10-34-11-15(9-30)19(14)35-21-18-20(27-12-28-21)31(22(32)29-18)17-3-2-13(7-26)6-16(17)25/h2-3,6,12,14-15,19H,4-5,8-11H2,1H3,(H,29,32). The molecule has 36 heavy (non-hydrogen) atoms. The zero-order valence-corrected chi connectivity index (χ0v) is 19.4. The molecule has 1 saturated carbocycles. The lowest BCUT2D eigenvalue weighted by Gasteiger charge is -2.46. The molecule has 2 unspecified atom stereocenters. The van der Waals surface area contributed by atoms with Gasteiger partial charge in [-0.15, -0.1) is 0 Å². The summed E-state index contributed by atoms with van der Waals surface area (Å²) in [6, 6.07) is 5.70. The van der Waals surface area contributed by atoms with E-state index in [1.54, 1.807) is 4.90 Å². The van der Waals surface area contributed by atoms with Gasteiger partial charge in [0, 0.05) is 24.9 Å². The van der Waals surface area contributed by atoms with Gasteiger partial charge in [-0.3, -0.25) is 4.98 Å². The minimum Gasteiger partial charge on any atom is -0.472 e. The SMILES string of the molecule is CC1(OC(=O)N2CC3COCC(C2)C3Oc2ncnc3c2[nH]c(=O)n3-c2ccc(C#N)cc2F)CC1. The molecule has 1 amide bonds. The van der Waals surface area contributed by atoms with Crippen molar-refractivity contribution in [1.29, 1.82) is 5.26 Å². The summed E-state index contributed by atoms with van der Waals surface area (Å²) >= 11 is 0. The highest BCUT2D eigenvalue weighted by Gasteiger charge is 2.47. The molecule has 6 rings (SSSR count). The van der Waals surface area contributed by atoms with Crippen LogP contribution in [-0.2, 0) is 9.47 Å². The lowest BCUT2D eigenvalue weighted by atomic mass is 9.84. The van der Waals surface area contributed by atoms with Gasteiger partial charge in [-0.2, -0.15) is 10.2 Å². The molecule has 4 heterocycles. The quantitative estimate of drug-likeness (QED) is 0.583. The summed E-state index contributed by atoms with van der Waals surface area (Å²) < 4.78 is 33.5. The topological polar surface area (TPSA) is 135 Å². The number of nitrogens with zero attached hydrogens (tertiary/aromatic N) is 5. The summed E-state index contributed by atoms with van der Waals surface area (Å²) in [6.07, 6.45) is 2.37. The van der Waals surface area contributed by atoms with E-state index in [1.807, 2.05) is 13.0 Å². The Morgan fingerprint density at radius 1 is 1.28 bits per heavy atom. The molecule has 3 fully saturated rings. The first kappa shape index (κ1) is 22.5. The molecule has 186 valence electrons. The molecular weight excluding hydrogens is 471 g/mol. The number of imidazole rings is 1. The number of piperidine rings is 1. The van der Waals surface area contributed by atoms with Gasteiger partial charge in [0.25, 0.3) is 0 Å². The van der Waals surface area contributed by atoms with Crippen molar-refractivity contribution in [2.75, 3.05) is 26.3 Å². The number of aromatic nitrogens is 4. The molecule has 1 N–H and O–H groups in total. The van der Waals surface area contributed by atoms with Crippen LogP contribution in [0.4, 0.5) is 9.18 Å². The lowest BCUT2D eigenvalue weighted by molar-refractivity contribution is -0.111. The third-order valence-electron chi connectivity index (χ3n) is 7.05. The molecule has 2 aromatic heterocycles. The zero-order chi connectivity index (χ0) is 25.0. The molecule has 0 spiro atoms. The molecule has 2 saturated heterocycles. The maximum absolute atomic E-state index is 14.7. The number of fused-ring (bicyclic) bond motifs is 3. The van der Waals surface area contributed by atoms with Gasteiger partial charge in [-0.25, -0.2) is 23.5 Å². The number of halogens is 1. The van der Waals surface area contributed by atoms with Crippen molar-refractivity contribution in [3.63, 3.8) is 0 Å². The van der Waals surface area contributed by atoms with Crippen LogP contribution in [-0.4, -0.2) is 68.5 Å². The van der Waals surface area contributed by atoms with Crippen molar-refractivity contribution in [1.82, 2.24) is 24.4 Å². The second-order valence-electron chi connectivity index (χ2n) is 9.78. The monoisotopic (exact) mass is 494 g/mol. The first-order chi connectivity index (χ1) is 17.3. The highest BCUT2D eigenvalue weighted by Crippen LogP contribution is 2.40. The van der Waals surface area contributed by atoms with Crippen molar-refractivity contribution in [2.45, 2.75) is 31.5 Å². The summed E-state index contributed by atoms with van der Waals surface area (Å²) in [5, 5.41) is 9.00. The molecule has 0 radical (unpaired) electrons. The van der Waals surface area contributed by atoms with Crippen molar-refractivity contribution < 1.29 is 23.4 Å². The van der Waals surface area contributed by atoms with E-state index in [9.17, 15) is 14.0 Å². The number of aromatic amines is 1. The van der Waals surface area contributed by atoms with Crippen LogP contribution >= 0.6 is 0 Å². The third kappa shape index (κ3) is 3.85. The second kappa shape index (κ2) is 8.30. The van der Waals surface area contributed by atoms with E-state index >= 15 is 0 Å². The normalized spacial score (nSPS) is 24.2. The van der Waals surface area contributed by atoms with E-state index < -0.39 is 11.5 Å². The molecule has 1 aliphatic carbocycles. The summed E-state index contributed by atoms with van der Waals surface area (Å²) in [4.78, 5) is 38.3. The number of amides is 1. The minimum atomic E-state index is -0.732. The number of nitriles is 1. The Morgan fingerprint density at radius 2 is 2.03 bits per heavy atom. The summed E-state index contributed by atoms with van der Waals surface area (Å²) in [5.74, 6) is -0.809. The van der Waals surface area contributed by atoms with Gasteiger partial charge in [0.1, 0.15) is 29.4 Å². The largest absolute Gasteiger partial charge is 0.472 e. The average molecular weight is 494 g/mol. The number of hydrogen-bond donors (Lipinski definition) is 1. The van der Waals surface area contributed by atoms with E-state index in [1.165, 1.54) is 18.5 Å². The molecule has 1 aromatic carbocycles. The Kier molecular flexibility index (Phi) is 5.19. The number of nitrogens with one attached hydrogen (secondary N) is 1. The number of benzene rings is 1. The van der Waals surface area contributed by atoms with Gasteiger partial charge >= 0.3 is 11.8 Å². The molecule has 12 heteroatoms. The van der Waals surface area contributed by atoms with Crippen molar-refractivity contribution in [3.05, 3.63) is 46.4 Å². The van der Waals surface area contributed by atoms with Crippen LogP contribution in [0.25, 0.3) is 16.9 Å². The van der Waals surface area contributed by atoms with Gasteiger partial charge in [-0.05, 0) is 38.0 Å². The fourth-order valence-corrected chi connectivity index (χ4v) is 4.89. The number of carbonyl (C=O) groups is 1. The first-order valence-corrected chi connectivity index (χ1v) is 11.7. The predicted molar refractivity (Wildman–Crippen MR) is 122 cm³/mol. The van der Waals surface area contributed by atoms with Gasteiger partial charge in [0.15, 0.2) is 5.65 Å². The molecule has 3 aromatic rings.